The lowest BCUT2D eigenvalue weighted by Gasteiger charge is -2.28. The molecule has 0 saturated heterocycles. The molecule has 11 aromatic rings. The molecule has 0 aliphatic heterocycles. The second-order valence-electron chi connectivity index (χ2n) is 30.0. The summed E-state index contributed by atoms with van der Waals surface area (Å²) in [6.45, 7) is 14.8. The molecule has 0 spiro atoms. The smallest absolute Gasteiger partial charge is 0.261 e. The maximum absolute atomic E-state index is 16.3. The Kier molecular flexibility index (Phi) is 28.3. The number of rotatable bonds is 48. The Balaban J connectivity index is 1.14. The van der Waals surface area contributed by atoms with Gasteiger partial charge in [-0.1, -0.05) is 284 Å². The maximum Gasteiger partial charge on any atom is 0.261 e. The van der Waals surface area contributed by atoms with Gasteiger partial charge in [0.25, 0.3) is 22.2 Å². The molecule has 10 heteroatoms. The van der Waals surface area contributed by atoms with E-state index >= 15 is 19.2 Å². The van der Waals surface area contributed by atoms with Gasteiger partial charge in [-0.3, -0.25) is 28.3 Å². The summed E-state index contributed by atoms with van der Waals surface area (Å²) in [7, 11) is 0. The monoisotopic (exact) mass is 1570 g/mol. The van der Waals surface area contributed by atoms with Gasteiger partial charge >= 0.3 is 0 Å². The van der Waals surface area contributed by atoms with E-state index in [1.54, 1.807) is 9.13 Å². The van der Waals surface area contributed by atoms with Gasteiger partial charge in [-0.05, 0) is 186 Å². The molecule has 2 heterocycles. The van der Waals surface area contributed by atoms with E-state index in [-0.39, 0.29) is 34.3 Å². The molecular formula is C90H116I2N2O6. The molecule has 536 valence electrons. The van der Waals surface area contributed by atoms with Crippen LogP contribution in [0.25, 0.3) is 108 Å². The lowest BCUT2D eigenvalue weighted by atomic mass is 9.77. The first-order valence-electron chi connectivity index (χ1n) is 40.4. The third-order valence-electron chi connectivity index (χ3n) is 22.7. The molecule has 0 aliphatic rings. The Bertz CT molecular complexity index is 4330. The number of unbranched alkanes of at least 4 members (excludes halogenated alkanes) is 30. The quantitative estimate of drug-likeness (QED) is 0.0163. The minimum Gasteiger partial charge on any atom is -0.494 e. The van der Waals surface area contributed by atoms with E-state index in [1.165, 1.54) is 103 Å². The second kappa shape index (κ2) is 37.4. The van der Waals surface area contributed by atoms with Crippen LogP contribution in [0.15, 0.2) is 92.0 Å². The largest absolute Gasteiger partial charge is 0.494 e. The molecule has 0 atom stereocenters. The van der Waals surface area contributed by atoms with Crippen molar-refractivity contribution in [3.05, 3.63) is 121 Å². The molecule has 0 bridgehead atoms. The molecule has 11 rings (SSSR count). The van der Waals surface area contributed by atoms with E-state index in [2.05, 4.69) is 160 Å². The molecule has 0 saturated carbocycles. The average molecular weight is 1580 g/mol. The maximum atomic E-state index is 16.3. The van der Waals surface area contributed by atoms with E-state index in [0.29, 0.717) is 40.1 Å². The normalized spacial score (nSPS) is 12.4. The van der Waals surface area contributed by atoms with Crippen molar-refractivity contribution in [1.82, 2.24) is 9.13 Å². The molecule has 0 amide bonds. The molecule has 8 nitrogen and oxygen atoms in total. The average Bonchev–Trinajstić information content (AvgIpc) is 0.656. The topological polar surface area (TPSA) is 96.6 Å². The molecule has 9 aromatic carbocycles. The number of aromatic nitrogens is 2. The van der Waals surface area contributed by atoms with Gasteiger partial charge in [0.1, 0.15) is 11.5 Å². The van der Waals surface area contributed by atoms with Gasteiger partial charge in [-0.15, -0.1) is 0 Å². The fraction of sp³-hybridized carbons (Fsp3) is 0.556. The van der Waals surface area contributed by atoms with Crippen LogP contribution in [0.2, 0.25) is 0 Å². The Labute approximate surface area is 623 Å². The predicted molar refractivity (Wildman–Crippen MR) is 448 cm³/mol. The summed E-state index contributed by atoms with van der Waals surface area (Å²) >= 11 is 5.10. The van der Waals surface area contributed by atoms with Crippen molar-refractivity contribution < 1.29 is 9.47 Å². The highest BCUT2D eigenvalue weighted by Gasteiger charge is 2.34. The van der Waals surface area contributed by atoms with Crippen molar-refractivity contribution in [3.8, 4) is 33.8 Å². The fourth-order valence-corrected chi connectivity index (χ4v) is 19.2. The highest BCUT2D eigenvalue weighted by molar-refractivity contribution is 14.1. The highest BCUT2D eigenvalue weighted by Crippen LogP contribution is 2.57. The van der Waals surface area contributed by atoms with Gasteiger partial charge in [0.15, 0.2) is 0 Å². The van der Waals surface area contributed by atoms with Gasteiger partial charge in [0.05, 0.1) is 13.2 Å². The Morgan fingerprint density at radius 1 is 0.280 bits per heavy atom. The third-order valence-corrected chi connectivity index (χ3v) is 24.9. The summed E-state index contributed by atoms with van der Waals surface area (Å²) in [6, 6.07) is 25.2. The number of ether oxygens (including phenoxy) is 2. The summed E-state index contributed by atoms with van der Waals surface area (Å²) < 4.78 is 18.4. The Morgan fingerprint density at radius 3 is 0.800 bits per heavy atom. The Hall–Kier alpha value is -5.34. The van der Waals surface area contributed by atoms with Crippen molar-refractivity contribution in [2.24, 2.45) is 0 Å². The van der Waals surface area contributed by atoms with Gasteiger partial charge in [-0.25, -0.2) is 0 Å². The summed E-state index contributed by atoms with van der Waals surface area (Å²) in [5.41, 5.74) is 3.09. The molecule has 0 N–H and O–H groups in total. The van der Waals surface area contributed by atoms with Crippen LogP contribution >= 0.6 is 45.2 Å². The van der Waals surface area contributed by atoms with Crippen LogP contribution in [-0.2, 0) is 0 Å². The van der Waals surface area contributed by atoms with Gasteiger partial charge < -0.3 is 9.47 Å². The van der Waals surface area contributed by atoms with E-state index in [4.69, 9.17) is 9.47 Å². The highest BCUT2D eigenvalue weighted by atomic mass is 127. The molecule has 0 radical (unpaired) electrons. The lowest BCUT2D eigenvalue weighted by molar-refractivity contribution is 0.304. The van der Waals surface area contributed by atoms with Crippen molar-refractivity contribution in [2.45, 2.75) is 310 Å². The predicted octanol–water partition coefficient (Wildman–Crippen LogP) is 27.3. The van der Waals surface area contributed by atoms with Crippen molar-refractivity contribution in [2.75, 3.05) is 13.2 Å². The molecule has 0 fully saturated rings. The van der Waals surface area contributed by atoms with Gasteiger partial charge in [0.2, 0.25) is 0 Å². The van der Waals surface area contributed by atoms with Crippen LogP contribution in [0.4, 0.5) is 0 Å². The number of nitrogens with zero attached hydrogens (tertiary/aromatic N) is 2. The molecule has 0 aliphatic carbocycles. The zero-order valence-electron chi connectivity index (χ0n) is 61.9. The van der Waals surface area contributed by atoms with Crippen LogP contribution in [0.1, 0.15) is 310 Å². The number of benzene rings is 9. The van der Waals surface area contributed by atoms with Crippen LogP contribution < -0.4 is 31.7 Å². The summed E-state index contributed by atoms with van der Waals surface area (Å²) in [4.78, 5) is 64.8. The zero-order valence-corrected chi connectivity index (χ0v) is 66.2. The summed E-state index contributed by atoms with van der Waals surface area (Å²) in [5, 5.41) is 13.2. The lowest BCUT2D eigenvalue weighted by Crippen LogP contribution is -2.37. The SMILES string of the molecule is CCCCCCCCCCCCOc1ccc(-c2c(I)c3cc4c(=O)n(C(CCCCCC)CCCCCC)c(=O)c5cc6c(I)c(-c7ccc(OCCCCCCCCCCCC)cc7)c7cc8c(=O)n(C(CCCCCC)CCCCCC)c(=O)c9cc2c2c3c(c45)c6c7c2c98)cc1. The first-order valence-corrected chi connectivity index (χ1v) is 42.6. The Morgan fingerprint density at radius 2 is 0.520 bits per heavy atom. The third kappa shape index (κ3) is 16.6. The van der Waals surface area contributed by atoms with Gasteiger partial charge in [0, 0.05) is 73.4 Å². The van der Waals surface area contributed by atoms with Crippen LogP contribution in [0, 0.1) is 7.14 Å². The summed E-state index contributed by atoms with van der Waals surface area (Å²) in [5.74, 6) is 1.65. The van der Waals surface area contributed by atoms with E-state index in [1.807, 2.05) is 0 Å². The second-order valence-corrected chi connectivity index (χ2v) is 32.2. The van der Waals surface area contributed by atoms with Gasteiger partial charge in [-0.2, -0.15) is 0 Å². The molecule has 100 heavy (non-hydrogen) atoms. The minimum atomic E-state index is -0.250. The summed E-state index contributed by atoms with van der Waals surface area (Å²) in [6.07, 6.45) is 45.4. The number of halogens is 2. The first-order chi connectivity index (χ1) is 49.0. The van der Waals surface area contributed by atoms with E-state index in [9.17, 15) is 0 Å². The standard InChI is InChI=1S/C90H116I2N2O6/c1-7-13-19-25-27-29-31-33-35-41-55-99-65-51-47-61(48-52-65)75-67-57-71-77-72(88(96)93(87(71)95)63(43-37-21-15-9-3)44-38-22-16-10-4)58-68-76(62-49-53-66(54-50-62)100-56-42-36-34-32-30-28-26-20-14-8-2)86(92)70-60-74-78-73(59-69(85(75)91)81-79(67)83(77)80(68)82(70)84(78)81)89(97)94(90(74)98)64(45-39-23-17-11-5)46-40-24-18-12-6/h47-54,57-60,63-64H,7-46,55-56H2,1-6H3. The van der Waals surface area contributed by atoms with Crippen LogP contribution in [0.3, 0.4) is 0 Å². The number of hydrogen-bond donors (Lipinski definition) is 0. The van der Waals surface area contributed by atoms with E-state index < -0.39 is 0 Å². The van der Waals surface area contributed by atoms with Crippen molar-refractivity contribution >= 4 is 131 Å². The molecule has 2 aromatic heterocycles. The minimum absolute atomic E-state index is 0.208. The van der Waals surface area contributed by atoms with Crippen molar-refractivity contribution in [3.63, 3.8) is 0 Å². The zero-order chi connectivity index (χ0) is 70.1. The number of hydrogen-bond acceptors (Lipinski definition) is 6. The van der Waals surface area contributed by atoms with E-state index in [0.717, 1.165) is 254 Å². The molecular weight excluding hydrogens is 1460 g/mol. The molecule has 0 unspecified atom stereocenters. The van der Waals surface area contributed by atoms with Crippen LogP contribution in [-0.4, -0.2) is 22.3 Å². The fourth-order valence-electron chi connectivity index (χ4n) is 17.2. The number of pyridine rings is 2. The van der Waals surface area contributed by atoms with Crippen molar-refractivity contribution in [1.29, 1.82) is 0 Å². The van der Waals surface area contributed by atoms with Crippen LogP contribution in [0.5, 0.6) is 11.5 Å². The first kappa shape index (κ1) is 75.8.